The molecule has 0 aromatic carbocycles. The summed E-state index contributed by atoms with van der Waals surface area (Å²) in [6.45, 7) is 25.9. The molecule has 0 N–H and O–H groups in total. The lowest BCUT2D eigenvalue weighted by molar-refractivity contribution is 0.469. The Morgan fingerprint density at radius 3 is 0.762 bits per heavy atom. The van der Waals surface area contributed by atoms with Crippen LogP contribution in [0.25, 0.3) is 0 Å². The standard InChI is InChI=1S/C7H16.C5H12.C4H10.C3H8.C2H6/c1-3-5-7-6-4-2;1-5(2,3)4;1-3-4-2;1-3-2;1-2/h3-7H2,1-2H3;1-4H3;3-4H2,1-2H3;3H2,1-2H3;1-2H3. The molecule has 0 aliphatic heterocycles. The predicted molar refractivity (Wildman–Crippen MR) is 107 cm³/mol. The summed E-state index contributed by atoms with van der Waals surface area (Å²) in [5.41, 5.74) is 0.500. The molecule has 0 aromatic rings. The summed E-state index contributed by atoms with van der Waals surface area (Å²) in [6.07, 6.45) is 10.9. The van der Waals surface area contributed by atoms with Gasteiger partial charge >= 0.3 is 0 Å². The molecule has 0 amide bonds. The van der Waals surface area contributed by atoms with Crippen LogP contribution in [-0.4, -0.2) is 0 Å². The average Bonchev–Trinajstić information content (AvgIpc) is 2.41. The van der Waals surface area contributed by atoms with Gasteiger partial charge in [0.2, 0.25) is 0 Å². The Bertz CT molecular complexity index is 85.1. The van der Waals surface area contributed by atoms with Crippen LogP contribution in [0.15, 0.2) is 0 Å². The van der Waals surface area contributed by atoms with Crippen molar-refractivity contribution < 1.29 is 0 Å². The number of hydrogen-bond acceptors (Lipinski definition) is 0. The SMILES string of the molecule is CC.CC(C)(C)C.CCC.CCCC.CCCCCCC. The van der Waals surface area contributed by atoms with Gasteiger partial charge in [-0.15, -0.1) is 0 Å². The van der Waals surface area contributed by atoms with Crippen molar-refractivity contribution in [1.29, 1.82) is 0 Å². The van der Waals surface area contributed by atoms with Crippen LogP contribution in [0.3, 0.4) is 0 Å². The average molecular weight is 305 g/mol. The first-order chi connectivity index (χ1) is 9.74. The van der Waals surface area contributed by atoms with E-state index in [0.29, 0.717) is 5.41 Å². The van der Waals surface area contributed by atoms with Crippen molar-refractivity contribution in [1.82, 2.24) is 0 Å². The van der Waals surface area contributed by atoms with E-state index in [-0.39, 0.29) is 0 Å². The van der Waals surface area contributed by atoms with E-state index in [9.17, 15) is 0 Å². The third kappa shape index (κ3) is 259. The van der Waals surface area contributed by atoms with E-state index >= 15 is 0 Å². The Balaban J connectivity index is -0.0000000543. The smallest absolute Gasteiger partial charge is 0.0411 e. The number of hydrogen-bond donors (Lipinski definition) is 0. The fourth-order valence-corrected chi connectivity index (χ4v) is 0.677. The lowest BCUT2D eigenvalue weighted by Gasteiger charge is -2.05. The molecule has 0 fully saturated rings. The van der Waals surface area contributed by atoms with Crippen LogP contribution in [0.5, 0.6) is 0 Å². The molecule has 136 valence electrons. The summed E-state index contributed by atoms with van der Waals surface area (Å²) in [5.74, 6) is 0. The Hall–Kier alpha value is 0. The molecule has 0 aromatic heterocycles. The zero-order valence-electron chi connectivity index (χ0n) is 18.2. The van der Waals surface area contributed by atoms with Gasteiger partial charge in [-0.2, -0.15) is 0 Å². The second-order valence-corrected chi connectivity index (χ2v) is 6.77. The van der Waals surface area contributed by atoms with E-state index in [1.54, 1.807) is 0 Å². The second-order valence-electron chi connectivity index (χ2n) is 6.77. The molecule has 0 radical (unpaired) electrons. The third-order valence-corrected chi connectivity index (χ3v) is 1.71. The summed E-state index contributed by atoms with van der Waals surface area (Å²) >= 11 is 0. The maximum Gasteiger partial charge on any atom is -0.0411 e. The van der Waals surface area contributed by atoms with Crippen LogP contribution in [0.2, 0.25) is 0 Å². The van der Waals surface area contributed by atoms with Crippen molar-refractivity contribution in [2.24, 2.45) is 5.41 Å². The van der Waals surface area contributed by atoms with Crippen molar-refractivity contribution in [3.8, 4) is 0 Å². The zero-order valence-corrected chi connectivity index (χ0v) is 18.2. The summed E-state index contributed by atoms with van der Waals surface area (Å²) in [4.78, 5) is 0. The van der Waals surface area contributed by atoms with Crippen LogP contribution in [0.4, 0.5) is 0 Å². The predicted octanol–water partition coefficient (Wildman–Crippen LogP) is 9.28. The maximum absolute atomic E-state index is 2.25. The van der Waals surface area contributed by atoms with Crippen molar-refractivity contribution in [2.45, 2.75) is 134 Å². The second kappa shape index (κ2) is 36.8. The van der Waals surface area contributed by atoms with Crippen LogP contribution in [0.1, 0.15) is 134 Å². The first-order valence-corrected chi connectivity index (χ1v) is 9.74. The molecule has 21 heavy (non-hydrogen) atoms. The highest BCUT2D eigenvalue weighted by Crippen LogP contribution is 2.08. The van der Waals surface area contributed by atoms with Gasteiger partial charge < -0.3 is 0 Å². The minimum Gasteiger partial charge on any atom is -0.0683 e. The fourth-order valence-electron chi connectivity index (χ4n) is 0.677. The molecule has 0 unspecified atom stereocenters. The molecule has 0 atom stereocenters. The quantitative estimate of drug-likeness (QED) is 0.444. The van der Waals surface area contributed by atoms with Crippen LogP contribution in [-0.2, 0) is 0 Å². The first-order valence-electron chi connectivity index (χ1n) is 9.74. The summed E-state index contributed by atoms with van der Waals surface area (Å²) < 4.78 is 0. The van der Waals surface area contributed by atoms with Gasteiger partial charge in [-0.3, -0.25) is 0 Å². The molecule has 0 saturated heterocycles. The normalized spacial score (nSPS) is 8.57. The van der Waals surface area contributed by atoms with Crippen molar-refractivity contribution >= 4 is 0 Å². The highest BCUT2D eigenvalue weighted by molar-refractivity contribution is 4.47. The number of rotatable bonds is 5. The van der Waals surface area contributed by atoms with E-state index < -0.39 is 0 Å². The Kier molecular flexibility index (Phi) is 57.6. The number of unbranched alkanes of at least 4 members (excludes halogenated alkanes) is 5. The summed E-state index contributed by atoms with van der Waals surface area (Å²) in [7, 11) is 0. The van der Waals surface area contributed by atoms with Crippen molar-refractivity contribution in [2.75, 3.05) is 0 Å². The van der Waals surface area contributed by atoms with Crippen molar-refractivity contribution in [3.05, 3.63) is 0 Å². The van der Waals surface area contributed by atoms with Gasteiger partial charge in [0.05, 0.1) is 0 Å². The van der Waals surface area contributed by atoms with Gasteiger partial charge in [-0.05, 0) is 5.41 Å². The Morgan fingerprint density at radius 1 is 0.476 bits per heavy atom. The molecule has 0 bridgehead atoms. The topological polar surface area (TPSA) is 0 Å². The maximum atomic E-state index is 2.25. The van der Waals surface area contributed by atoms with Gasteiger partial charge in [0.25, 0.3) is 0 Å². The molecule has 0 rings (SSSR count). The minimum atomic E-state index is 0.500. The molecule has 0 aliphatic carbocycles. The first kappa shape index (κ1) is 32.8. The lowest BCUT2D eigenvalue weighted by Crippen LogP contribution is -1.93. The van der Waals surface area contributed by atoms with E-state index in [1.165, 1.54) is 51.4 Å². The minimum absolute atomic E-state index is 0.500. The van der Waals surface area contributed by atoms with Crippen LogP contribution in [0, 0.1) is 5.41 Å². The molecular weight excluding hydrogens is 252 g/mol. The monoisotopic (exact) mass is 304 g/mol. The van der Waals surface area contributed by atoms with Gasteiger partial charge in [-0.25, -0.2) is 0 Å². The third-order valence-electron chi connectivity index (χ3n) is 1.71. The highest BCUT2D eigenvalue weighted by Gasteiger charge is 1.95. The molecule has 0 nitrogen and oxygen atoms in total. The largest absolute Gasteiger partial charge is 0.0683 e. The van der Waals surface area contributed by atoms with E-state index in [4.69, 9.17) is 0 Å². The summed E-state index contributed by atoms with van der Waals surface area (Å²) in [5, 5.41) is 0. The van der Waals surface area contributed by atoms with E-state index in [0.717, 1.165) is 0 Å². The molecular formula is C21H52. The van der Waals surface area contributed by atoms with Gasteiger partial charge in [0, 0.05) is 0 Å². The lowest BCUT2D eigenvalue weighted by atomic mass is 10.0. The van der Waals surface area contributed by atoms with Gasteiger partial charge in [-0.1, -0.05) is 134 Å². The zero-order chi connectivity index (χ0) is 18.2. The summed E-state index contributed by atoms with van der Waals surface area (Å²) in [6, 6.07) is 0. The molecule has 0 aliphatic rings. The van der Waals surface area contributed by atoms with Crippen LogP contribution >= 0.6 is 0 Å². The van der Waals surface area contributed by atoms with Crippen LogP contribution < -0.4 is 0 Å². The molecule has 0 heteroatoms. The Labute approximate surface area is 140 Å². The Morgan fingerprint density at radius 2 is 0.667 bits per heavy atom. The highest BCUT2D eigenvalue weighted by atomic mass is 14.0. The molecule has 0 saturated carbocycles. The van der Waals surface area contributed by atoms with Gasteiger partial charge in [0.1, 0.15) is 0 Å². The van der Waals surface area contributed by atoms with Crippen molar-refractivity contribution in [3.63, 3.8) is 0 Å². The molecule has 0 spiro atoms. The van der Waals surface area contributed by atoms with E-state index in [1.807, 2.05) is 13.8 Å². The fraction of sp³-hybridized carbons (Fsp3) is 1.00. The van der Waals surface area contributed by atoms with Gasteiger partial charge in [0.15, 0.2) is 0 Å². The van der Waals surface area contributed by atoms with E-state index in [2.05, 4.69) is 69.2 Å². The molecule has 0 heterocycles.